The lowest BCUT2D eigenvalue weighted by Crippen LogP contribution is -2.31. The van der Waals surface area contributed by atoms with Gasteiger partial charge in [0.25, 0.3) is 0 Å². The van der Waals surface area contributed by atoms with Gasteiger partial charge in [0.05, 0.1) is 19.3 Å². The van der Waals surface area contributed by atoms with Crippen molar-refractivity contribution in [3.8, 4) is 5.75 Å². The van der Waals surface area contributed by atoms with Gasteiger partial charge < -0.3 is 9.47 Å². The predicted octanol–water partition coefficient (Wildman–Crippen LogP) is 2.66. The number of Topliss-reactive ketones (excluding diaryl/α,β-unsaturated/α-hetero) is 1. The van der Waals surface area contributed by atoms with Crippen molar-refractivity contribution in [3.05, 3.63) is 28.8 Å². The zero-order valence-electron chi connectivity index (χ0n) is 9.44. The molecule has 92 valence electrons. The molecule has 17 heavy (non-hydrogen) atoms. The van der Waals surface area contributed by atoms with Crippen LogP contribution in [-0.2, 0) is 4.74 Å². The van der Waals surface area contributed by atoms with Crippen LogP contribution in [0.5, 0.6) is 5.75 Å². The van der Waals surface area contributed by atoms with Gasteiger partial charge in [0.1, 0.15) is 11.9 Å². The zero-order chi connectivity index (χ0) is 12.3. The molecular formula is C12H13ClO3S. The van der Waals surface area contributed by atoms with Gasteiger partial charge in [-0.05, 0) is 18.2 Å². The van der Waals surface area contributed by atoms with Gasteiger partial charge in [-0.15, -0.1) is 0 Å². The largest absolute Gasteiger partial charge is 0.496 e. The number of halogens is 1. The summed E-state index contributed by atoms with van der Waals surface area (Å²) in [6, 6.07) is 5.03. The topological polar surface area (TPSA) is 35.5 Å². The molecule has 0 bridgehead atoms. The van der Waals surface area contributed by atoms with Crippen LogP contribution in [0.2, 0.25) is 5.02 Å². The summed E-state index contributed by atoms with van der Waals surface area (Å²) in [4.78, 5) is 12.3. The molecule has 1 aliphatic heterocycles. The van der Waals surface area contributed by atoms with Crippen molar-refractivity contribution in [2.45, 2.75) is 6.10 Å². The van der Waals surface area contributed by atoms with Crippen molar-refractivity contribution in [2.75, 3.05) is 25.2 Å². The predicted molar refractivity (Wildman–Crippen MR) is 69.4 cm³/mol. The standard InChI is InChI=1S/C12H13ClO3S/c1-15-10-3-2-8(13)6-9(10)12(14)11-7-17-5-4-16-11/h2-3,6,11H,4-5,7H2,1H3. The quantitative estimate of drug-likeness (QED) is 0.793. The molecule has 1 atom stereocenters. The van der Waals surface area contributed by atoms with Gasteiger partial charge in [0.2, 0.25) is 0 Å². The van der Waals surface area contributed by atoms with E-state index in [4.69, 9.17) is 21.1 Å². The summed E-state index contributed by atoms with van der Waals surface area (Å²) in [7, 11) is 1.54. The van der Waals surface area contributed by atoms with E-state index >= 15 is 0 Å². The van der Waals surface area contributed by atoms with Gasteiger partial charge in [0.15, 0.2) is 5.78 Å². The normalized spacial score (nSPS) is 20.0. The molecule has 1 saturated heterocycles. The van der Waals surface area contributed by atoms with Crippen molar-refractivity contribution < 1.29 is 14.3 Å². The highest BCUT2D eigenvalue weighted by Crippen LogP contribution is 2.26. The molecule has 1 unspecified atom stereocenters. The Morgan fingerprint density at radius 3 is 3.06 bits per heavy atom. The van der Waals surface area contributed by atoms with Crippen molar-refractivity contribution in [2.24, 2.45) is 0 Å². The highest BCUT2D eigenvalue weighted by atomic mass is 35.5. The molecule has 1 heterocycles. The summed E-state index contributed by atoms with van der Waals surface area (Å²) in [5.74, 6) is 2.11. The second-order valence-corrected chi connectivity index (χ2v) is 5.23. The number of benzene rings is 1. The van der Waals surface area contributed by atoms with Gasteiger partial charge in [-0.1, -0.05) is 11.6 Å². The van der Waals surface area contributed by atoms with Crippen LogP contribution in [0.1, 0.15) is 10.4 Å². The summed E-state index contributed by atoms with van der Waals surface area (Å²) in [6.45, 7) is 0.615. The van der Waals surface area contributed by atoms with E-state index in [9.17, 15) is 4.79 Å². The van der Waals surface area contributed by atoms with Crippen molar-refractivity contribution in [3.63, 3.8) is 0 Å². The van der Waals surface area contributed by atoms with Crippen LogP contribution in [0, 0.1) is 0 Å². The third-order valence-electron chi connectivity index (χ3n) is 2.54. The monoisotopic (exact) mass is 272 g/mol. The van der Waals surface area contributed by atoms with Crippen molar-refractivity contribution in [1.82, 2.24) is 0 Å². The number of methoxy groups -OCH3 is 1. The summed E-state index contributed by atoms with van der Waals surface area (Å²) < 4.78 is 10.6. The van der Waals surface area contributed by atoms with Crippen LogP contribution in [0.25, 0.3) is 0 Å². The summed E-state index contributed by atoms with van der Waals surface area (Å²) >= 11 is 7.63. The number of carbonyl (C=O) groups is 1. The highest BCUT2D eigenvalue weighted by molar-refractivity contribution is 7.99. The van der Waals surface area contributed by atoms with Gasteiger partial charge in [-0.2, -0.15) is 11.8 Å². The fraction of sp³-hybridized carbons (Fsp3) is 0.417. The van der Waals surface area contributed by atoms with Gasteiger partial charge in [-0.25, -0.2) is 0 Å². The molecular weight excluding hydrogens is 260 g/mol. The second-order valence-electron chi connectivity index (χ2n) is 3.64. The summed E-state index contributed by atoms with van der Waals surface area (Å²) in [6.07, 6.45) is -0.388. The van der Waals surface area contributed by atoms with E-state index in [-0.39, 0.29) is 11.9 Å². The smallest absolute Gasteiger partial charge is 0.196 e. The molecule has 1 aromatic carbocycles. The lowest BCUT2D eigenvalue weighted by Gasteiger charge is -2.21. The van der Waals surface area contributed by atoms with Crippen molar-refractivity contribution in [1.29, 1.82) is 0 Å². The van der Waals surface area contributed by atoms with E-state index in [1.165, 1.54) is 7.11 Å². The Hall–Kier alpha value is -0.710. The first-order valence-corrected chi connectivity index (χ1v) is 6.82. The molecule has 0 N–H and O–H groups in total. The minimum absolute atomic E-state index is 0.0587. The third-order valence-corrected chi connectivity index (χ3v) is 3.76. The van der Waals surface area contributed by atoms with Crippen LogP contribution in [0.4, 0.5) is 0 Å². The van der Waals surface area contributed by atoms with Gasteiger partial charge in [-0.3, -0.25) is 4.79 Å². The van der Waals surface area contributed by atoms with E-state index in [1.807, 2.05) is 0 Å². The Bertz CT molecular complexity index is 416. The summed E-state index contributed by atoms with van der Waals surface area (Å²) in [5, 5.41) is 0.526. The minimum atomic E-state index is -0.388. The van der Waals surface area contributed by atoms with Crippen LogP contribution < -0.4 is 4.74 Å². The average molecular weight is 273 g/mol. The Morgan fingerprint density at radius 1 is 1.59 bits per heavy atom. The van der Waals surface area contributed by atoms with E-state index < -0.39 is 0 Å². The number of hydrogen-bond acceptors (Lipinski definition) is 4. The number of hydrogen-bond donors (Lipinski definition) is 0. The van der Waals surface area contributed by atoms with Crippen molar-refractivity contribution >= 4 is 29.1 Å². The van der Waals surface area contributed by atoms with E-state index in [1.54, 1.807) is 30.0 Å². The number of thioether (sulfide) groups is 1. The maximum atomic E-state index is 12.3. The molecule has 3 nitrogen and oxygen atoms in total. The van der Waals surface area contributed by atoms with Crippen LogP contribution in [-0.4, -0.2) is 37.1 Å². The molecule has 0 saturated carbocycles. The fourth-order valence-electron chi connectivity index (χ4n) is 1.69. The molecule has 1 aliphatic rings. The zero-order valence-corrected chi connectivity index (χ0v) is 11.0. The highest BCUT2D eigenvalue weighted by Gasteiger charge is 2.26. The molecule has 1 aromatic rings. The maximum absolute atomic E-state index is 12.3. The molecule has 0 spiro atoms. The number of carbonyl (C=O) groups excluding carboxylic acids is 1. The minimum Gasteiger partial charge on any atom is -0.496 e. The molecule has 0 aliphatic carbocycles. The Labute approximate surface area is 109 Å². The van der Waals surface area contributed by atoms with Gasteiger partial charge in [0, 0.05) is 16.5 Å². The SMILES string of the molecule is COc1ccc(Cl)cc1C(=O)C1CSCCO1. The van der Waals surface area contributed by atoms with Crippen LogP contribution >= 0.6 is 23.4 Å². The van der Waals surface area contributed by atoms with Crippen LogP contribution in [0.3, 0.4) is 0 Å². The first-order valence-electron chi connectivity index (χ1n) is 5.29. The number of rotatable bonds is 3. The third kappa shape index (κ3) is 2.94. The Balaban J connectivity index is 2.25. The lowest BCUT2D eigenvalue weighted by atomic mass is 10.1. The molecule has 0 radical (unpaired) electrons. The fourth-order valence-corrected chi connectivity index (χ4v) is 2.70. The molecule has 0 amide bonds. The number of ether oxygens (including phenoxy) is 2. The van der Waals surface area contributed by atoms with Crippen LogP contribution in [0.15, 0.2) is 18.2 Å². The Kier molecular flexibility index (Phi) is 4.31. The van der Waals surface area contributed by atoms with Gasteiger partial charge >= 0.3 is 0 Å². The second kappa shape index (κ2) is 5.76. The maximum Gasteiger partial charge on any atom is 0.196 e. The first kappa shape index (κ1) is 12.7. The Morgan fingerprint density at radius 2 is 2.41 bits per heavy atom. The number of ketones is 1. The molecule has 2 rings (SSSR count). The average Bonchev–Trinajstić information content (AvgIpc) is 2.39. The van der Waals surface area contributed by atoms with E-state index in [0.29, 0.717) is 28.7 Å². The van der Waals surface area contributed by atoms with E-state index in [0.717, 1.165) is 5.75 Å². The molecule has 5 heteroatoms. The molecule has 1 fully saturated rings. The lowest BCUT2D eigenvalue weighted by molar-refractivity contribution is 0.0516. The van der Waals surface area contributed by atoms with E-state index in [2.05, 4.69) is 0 Å². The molecule has 0 aromatic heterocycles. The summed E-state index contributed by atoms with van der Waals surface area (Å²) in [5.41, 5.74) is 0.493. The first-order chi connectivity index (χ1) is 8.22.